The van der Waals surface area contributed by atoms with Gasteiger partial charge in [-0.25, -0.2) is 4.98 Å². The minimum absolute atomic E-state index is 0.00609. The summed E-state index contributed by atoms with van der Waals surface area (Å²) in [5, 5.41) is 19.9. The van der Waals surface area contributed by atoms with Crippen LogP contribution in [0.25, 0.3) is 0 Å². The van der Waals surface area contributed by atoms with E-state index in [0.29, 0.717) is 24.3 Å². The van der Waals surface area contributed by atoms with Crippen LogP contribution in [0.3, 0.4) is 0 Å². The van der Waals surface area contributed by atoms with Gasteiger partial charge in [0.05, 0.1) is 18.8 Å². The van der Waals surface area contributed by atoms with Crippen molar-refractivity contribution >= 4 is 17.7 Å². The molecule has 2 heterocycles. The second-order valence-electron chi connectivity index (χ2n) is 8.74. The van der Waals surface area contributed by atoms with Crippen molar-refractivity contribution in [2.75, 3.05) is 5.75 Å². The van der Waals surface area contributed by atoms with E-state index in [0.717, 1.165) is 27.4 Å². The number of hydrogen-bond acceptors (Lipinski definition) is 7. The maximum absolute atomic E-state index is 12.3. The molecule has 1 aliphatic rings. The number of rotatable bonds is 9. The van der Waals surface area contributed by atoms with Crippen molar-refractivity contribution in [3.63, 3.8) is 0 Å². The summed E-state index contributed by atoms with van der Waals surface area (Å²) in [6.07, 6.45) is 1.42. The third kappa shape index (κ3) is 6.64. The van der Waals surface area contributed by atoms with E-state index in [4.69, 9.17) is 9.47 Å². The van der Waals surface area contributed by atoms with Gasteiger partial charge in [0.1, 0.15) is 6.33 Å². The second-order valence-corrected chi connectivity index (χ2v) is 9.75. The Morgan fingerprint density at radius 2 is 1.70 bits per heavy atom. The van der Waals surface area contributed by atoms with Gasteiger partial charge < -0.3 is 19.9 Å². The molecule has 3 N–H and O–H groups in total. The number of aliphatic hydroxyl groups is 1. The van der Waals surface area contributed by atoms with Gasteiger partial charge in [-0.05, 0) is 28.8 Å². The molecule has 0 radical (unpaired) electrons. The van der Waals surface area contributed by atoms with Crippen LogP contribution in [0.4, 0.5) is 0 Å². The second kappa shape index (κ2) is 12.2. The molecular formula is C28H28N4O4S. The Kier molecular flexibility index (Phi) is 8.27. The van der Waals surface area contributed by atoms with Gasteiger partial charge in [0, 0.05) is 29.8 Å². The van der Waals surface area contributed by atoms with Gasteiger partial charge in [-0.2, -0.15) is 5.10 Å². The van der Waals surface area contributed by atoms with Crippen molar-refractivity contribution in [1.82, 2.24) is 20.5 Å². The number of carbonyl (C=O) groups excluding carboxylic acids is 1. The van der Waals surface area contributed by atoms with E-state index in [9.17, 15) is 9.90 Å². The van der Waals surface area contributed by atoms with Crippen molar-refractivity contribution in [2.24, 2.45) is 0 Å². The highest BCUT2D eigenvalue weighted by Crippen LogP contribution is 2.39. The van der Waals surface area contributed by atoms with E-state index in [2.05, 4.69) is 20.5 Å². The highest BCUT2D eigenvalue weighted by atomic mass is 32.2. The van der Waals surface area contributed by atoms with Gasteiger partial charge in [0.15, 0.2) is 11.4 Å². The number of aromatic nitrogens is 3. The number of amides is 1. The smallest absolute Gasteiger partial charge is 0.251 e. The van der Waals surface area contributed by atoms with Crippen LogP contribution in [0, 0.1) is 0 Å². The van der Waals surface area contributed by atoms with Gasteiger partial charge in [0.25, 0.3) is 5.91 Å². The highest BCUT2D eigenvalue weighted by molar-refractivity contribution is 7.99. The van der Waals surface area contributed by atoms with E-state index in [-0.39, 0.29) is 24.7 Å². The third-order valence-corrected chi connectivity index (χ3v) is 7.16. The van der Waals surface area contributed by atoms with Crippen LogP contribution in [0.2, 0.25) is 0 Å². The zero-order valence-corrected chi connectivity index (χ0v) is 20.9. The Morgan fingerprint density at radius 3 is 2.41 bits per heavy atom. The summed E-state index contributed by atoms with van der Waals surface area (Å²) in [5.74, 6) is 0.593. The maximum Gasteiger partial charge on any atom is 0.251 e. The number of aliphatic hydroxyl groups excluding tert-OH is 1. The molecule has 1 fully saturated rings. The number of carbonyl (C=O) groups is 1. The molecule has 190 valence electrons. The fourth-order valence-corrected chi connectivity index (χ4v) is 4.92. The summed E-state index contributed by atoms with van der Waals surface area (Å²) in [5.41, 5.74) is 4.43. The predicted octanol–water partition coefficient (Wildman–Crippen LogP) is 4.56. The number of benzene rings is 3. The summed E-state index contributed by atoms with van der Waals surface area (Å²) in [4.78, 5) is 16.5. The van der Waals surface area contributed by atoms with Crippen LogP contribution in [0.15, 0.2) is 90.3 Å². The lowest BCUT2D eigenvalue weighted by atomic mass is 10.0. The van der Waals surface area contributed by atoms with Crippen LogP contribution in [0.5, 0.6) is 0 Å². The van der Waals surface area contributed by atoms with Crippen LogP contribution in [-0.2, 0) is 22.6 Å². The molecule has 9 heteroatoms. The molecule has 3 atom stereocenters. The molecule has 0 spiro atoms. The molecule has 3 aromatic carbocycles. The van der Waals surface area contributed by atoms with Gasteiger partial charge in [-0.3, -0.25) is 9.89 Å². The van der Waals surface area contributed by atoms with E-state index < -0.39 is 6.29 Å². The van der Waals surface area contributed by atoms with Crippen molar-refractivity contribution in [2.45, 2.75) is 43.2 Å². The normalized spacial score (nSPS) is 19.4. The van der Waals surface area contributed by atoms with Gasteiger partial charge in [-0.1, -0.05) is 78.5 Å². The van der Waals surface area contributed by atoms with Crippen molar-refractivity contribution in [1.29, 1.82) is 0 Å². The number of H-pyrrole nitrogens is 1. The molecule has 0 aliphatic carbocycles. The topological polar surface area (TPSA) is 109 Å². The first kappa shape index (κ1) is 25.2. The Morgan fingerprint density at radius 1 is 0.973 bits per heavy atom. The molecule has 1 saturated heterocycles. The maximum atomic E-state index is 12.3. The molecular weight excluding hydrogens is 488 g/mol. The molecule has 5 rings (SSSR count). The molecule has 1 aliphatic heterocycles. The fraction of sp³-hybridized carbons (Fsp3) is 0.250. The van der Waals surface area contributed by atoms with Crippen molar-refractivity contribution in [3.05, 3.63) is 113 Å². The quantitative estimate of drug-likeness (QED) is 0.280. The standard InChI is InChI=1S/C28H28N4O4S/c33-16-20-8-10-21(11-9-20)25-14-24(17-37-28-30-18-31-32-28)35-27(36-25)23-12-6-19(7-13-23)15-29-26(34)22-4-2-1-3-5-22/h1-13,18,24-25,27,33H,14-17H2,(H,29,34)(H,30,31,32)/t24-,25+,27+/m0/s1. The highest BCUT2D eigenvalue weighted by Gasteiger charge is 2.32. The van der Waals surface area contributed by atoms with Crippen molar-refractivity contribution in [3.8, 4) is 0 Å². The minimum Gasteiger partial charge on any atom is -0.392 e. The monoisotopic (exact) mass is 516 g/mol. The van der Waals surface area contributed by atoms with Crippen LogP contribution >= 0.6 is 11.8 Å². The summed E-state index contributed by atoms with van der Waals surface area (Å²) in [7, 11) is 0. The lowest BCUT2D eigenvalue weighted by Gasteiger charge is -2.36. The van der Waals surface area contributed by atoms with E-state index in [1.807, 2.05) is 66.7 Å². The van der Waals surface area contributed by atoms with Crippen LogP contribution in [0.1, 0.15) is 51.4 Å². The summed E-state index contributed by atoms with van der Waals surface area (Å²) in [6, 6.07) is 24.9. The first-order chi connectivity index (χ1) is 18.2. The summed E-state index contributed by atoms with van der Waals surface area (Å²) in [6.45, 7) is 0.433. The predicted molar refractivity (Wildman–Crippen MR) is 140 cm³/mol. The SMILES string of the molecule is O=C(NCc1ccc([C@@H]2O[C@H](CSc3ncn[nH]3)C[C@H](c3ccc(CO)cc3)O2)cc1)c1ccccc1. The number of thioether (sulfide) groups is 1. The molecule has 1 aromatic heterocycles. The first-order valence-corrected chi connectivity index (χ1v) is 13.1. The van der Waals surface area contributed by atoms with Crippen molar-refractivity contribution < 1.29 is 19.4 Å². The first-order valence-electron chi connectivity index (χ1n) is 12.1. The Bertz CT molecular complexity index is 1270. The molecule has 37 heavy (non-hydrogen) atoms. The van der Waals surface area contributed by atoms with Gasteiger partial charge in [-0.15, -0.1) is 0 Å². The third-order valence-electron chi connectivity index (χ3n) is 6.15. The summed E-state index contributed by atoms with van der Waals surface area (Å²) >= 11 is 1.56. The largest absolute Gasteiger partial charge is 0.392 e. The molecule has 8 nitrogen and oxygen atoms in total. The fourth-order valence-electron chi connectivity index (χ4n) is 4.12. The lowest BCUT2D eigenvalue weighted by Crippen LogP contribution is -2.31. The van der Waals surface area contributed by atoms with E-state index in [1.165, 1.54) is 6.33 Å². The number of nitrogens with one attached hydrogen (secondary N) is 2. The van der Waals surface area contributed by atoms with E-state index in [1.54, 1.807) is 23.9 Å². The Balaban J connectivity index is 1.26. The number of ether oxygens (including phenoxy) is 2. The van der Waals surface area contributed by atoms with E-state index >= 15 is 0 Å². The average molecular weight is 517 g/mol. The minimum atomic E-state index is -0.537. The molecule has 0 unspecified atom stereocenters. The molecule has 1 amide bonds. The summed E-state index contributed by atoms with van der Waals surface area (Å²) < 4.78 is 12.7. The van der Waals surface area contributed by atoms with Crippen LogP contribution < -0.4 is 5.32 Å². The average Bonchev–Trinajstić information content (AvgIpc) is 3.49. The Hall–Kier alpha value is -3.50. The molecule has 0 bridgehead atoms. The van der Waals surface area contributed by atoms with Gasteiger partial charge in [0.2, 0.25) is 0 Å². The number of hydrogen-bond donors (Lipinski definition) is 3. The molecule has 0 saturated carbocycles. The zero-order valence-electron chi connectivity index (χ0n) is 20.1. The number of nitrogens with zero attached hydrogens (tertiary/aromatic N) is 2. The number of aromatic amines is 1. The van der Waals surface area contributed by atoms with Gasteiger partial charge >= 0.3 is 0 Å². The lowest BCUT2D eigenvalue weighted by molar-refractivity contribution is -0.245. The zero-order chi connectivity index (χ0) is 25.5. The Labute approximate surface area is 219 Å². The molecule has 4 aromatic rings. The van der Waals surface area contributed by atoms with Crippen LogP contribution in [-0.4, -0.2) is 38.1 Å².